The molecule has 160 valence electrons. The summed E-state index contributed by atoms with van der Waals surface area (Å²) in [5.41, 5.74) is -1.34. The Morgan fingerprint density at radius 1 is 0.517 bits per heavy atom. The molecule has 0 aromatic carbocycles. The number of thiocarbonyl (C=S) groups is 4. The second kappa shape index (κ2) is 16.1. The number of hydrogen-bond donors (Lipinski definition) is 0. The van der Waals surface area contributed by atoms with Gasteiger partial charge in [-0.1, -0.05) is 48.9 Å². The van der Waals surface area contributed by atoms with Crippen LogP contribution in [0.1, 0.15) is 25.7 Å². The third-order valence-corrected chi connectivity index (χ3v) is 3.82. The largest absolute Gasteiger partial charge is 0.464 e. The minimum Gasteiger partial charge on any atom is -0.464 e. The number of esters is 4. The number of hydrogen-bond acceptors (Lipinski definition) is 12. The normalized spacial score (nSPS) is 10.2. The number of carbonyl (C=O) groups is 4. The predicted octanol–water partition coefficient (Wildman–Crippen LogP) is 1.70. The molecule has 0 rings (SSSR count). The first-order chi connectivity index (χ1) is 13.8. The molecule has 0 amide bonds. The summed E-state index contributed by atoms with van der Waals surface area (Å²) in [7, 11) is 0. The van der Waals surface area contributed by atoms with Crippen molar-refractivity contribution >= 4 is 94.2 Å². The standard InChI is InChI=1S/C17H20O8S4/c18-13(1-5-26)22-9-17(10-23-14(19)2-6-27,11-24-15(20)3-7-28)12-25-16(21)4-8-29/h5-8H,1-4,9-12H2. The van der Waals surface area contributed by atoms with Crippen molar-refractivity contribution in [1.82, 2.24) is 0 Å². The zero-order chi connectivity index (χ0) is 22.1. The van der Waals surface area contributed by atoms with Crippen molar-refractivity contribution in [2.75, 3.05) is 26.4 Å². The molecule has 0 unspecified atom stereocenters. The molecule has 0 saturated heterocycles. The Morgan fingerprint density at radius 3 is 0.897 bits per heavy atom. The first-order valence-electron chi connectivity index (χ1n) is 8.19. The summed E-state index contributed by atoms with van der Waals surface area (Å²) in [6.07, 6.45) is -0.534. The fraction of sp³-hybridized carbons (Fsp3) is 0.529. The van der Waals surface area contributed by atoms with Gasteiger partial charge in [-0.05, 0) is 21.5 Å². The maximum Gasteiger partial charge on any atom is 0.310 e. The lowest BCUT2D eigenvalue weighted by molar-refractivity contribution is -0.168. The molecule has 0 spiro atoms. The van der Waals surface area contributed by atoms with Crippen LogP contribution in [0.5, 0.6) is 0 Å². The minimum atomic E-state index is -1.34. The Labute approximate surface area is 189 Å². The van der Waals surface area contributed by atoms with E-state index in [1.807, 2.05) is 0 Å². The van der Waals surface area contributed by atoms with Crippen LogP contribution in [0.4, 0.5) is 0 Å². The highest BCUT2D eigenvalue weighted by molar-refractivity contribution is 7.79. The van der Waals surface area contributed by atoms with Crippen LogP contribution in [0.3, 0.4) is 0 Å². The summed E-state index contributed by atoms with van der Waals surface area (Å²) >= 11 is 18.4. The summed E-state index contributed by atoms with van der Waals surface area (Å²) in [6, 6.07) is 0. The fourth-order valence-electron chi connectivity index (χ4n) is 1.69. The molecule has 0 heterocycles. The molecule has 0 radical (unpaired) electrons. The van der Waals surface area contributed by atoms with Crippen molar-refractivity contribution in [2.24, 2.45) is 5.41 Å². The van der Waals surface area contributed by atoms with Crippen LogP contribution >= 0.6 is 48.9 Å². The van der Waals surface area contributed by atoms with Crippen LogP contribution in [0.25, 0.3) is 0 Å². The zero-order valence-corrected chi connectivity index (χ0v) is 18.6. The molecule has 0 aliphatic heterocycles. The van der Waals surface area contributed by atoms with E-state index in [0.29, 0.717) is 0 Å². The maximum absolute atomic E-state index is 11.7. The van der Waals surface area contributed by atoms with E-state index < -0.39 is 29.3 Å². The van der Waals surface area contributed by atoms with Crippen LogP contribution in [0.15, 0.2) is 0 Å². The molecule has 12 heteroatoms. The third kappa shape index (κ3) is 13.2. The average Bonchev–Trinajstić information content (AvgIpc) is 2.68. The van der Waals surface area contributed by atoms with Gasteiger partial charge < -0.3 is 18.9 Å². The smallest absolute Gasteiger partial charge is 0.310 e. The lowest BCUT2D eigenvalue weighted by Gasteiger charge is -2.31. The number of rotatable bonds is 16. The van der Waals surface area contributed by atoms with Crippen molar-refractivity contribution in [3.05, 3.63) is 0 Å². The van der Waals surface area contributed by atoms with Gasteiger partial charge >= 0.3 is 23.9 Å². The van der Waals surface area contributed by atoms with Gasteiger partial charge in [0.2, 0.25) is 0 Å². The second-order valence-corrected chi connectivity index (χ2v) is 6.96. The van der Waals surface area contributed by atoms with Gasteiger partial charge in [0.15, 0.2) is 0 Å². The first kappa shape index (κ1) is 27.2. The van der Waals surface area contributed by atoms with E-state index in [1.165, 1.54) is 21.5 Å². The minimum absolute atomic E-state index is 0.133. The van der Waals surface area contributed by atoms with Crippen molar-refractivity contribution < 1.29 is 38.1 Å². The van der Waals surface area contributed by atoms with Gasteiger partial charge in [0.05, 0.1) is 25.7 Å². The summed E-state index contributed by atoms with van der Waals surface area (Å²) in [4.78, 5) is 46.8. The van der Waals surface area contributed by atoms with Crippen molar-refractivity contribution in [1.29, 1.82) is 0 Å². The Balaban J connectivity index is 5.45. The van der Waals surface area contributed by atoms with E-state index >= 15 is 0 Å². The van der Waals surface area contributed by atoms with Crippen molar-refractivity contribution in [2.45, 2.75) is 25.7 Å². The Bertz CT molecular complexity index is 525. The Hall–Kier alpha value is -1.76. The van der Waals surface area contributed by atoms with Gasteiger partial charge in [0, 0.05) is 0 Å². The Morgan fingerprint density at radius 2 is 0.724 bits per heavy atom. The van der Waals surface area contributed by atoms with Crippen LogP contribution in [0.2, 0.25) is 0 Å². The second-order valence-electron chi connectivity index (χ2n) is 5.63. The van der Waals surface area contributed by atoms with Gasteiger partial charge in [0.25, 0.3) is 0 Å². The fourth-order valence-corrected chi connectivity index (χ4v) is 2.24. The van der Waals surface area contributed by atoms with Crippen LogP contribution in [0, 0.1) is 5.41 Å². The highest BCUT2D eigenvalue weighted by Crippen LogP contribution is 2.22. The Kier molecular flexibility index (Phi) is 15.1. The first-order valence-corrected chi connectivity index (χ1v) is 10.1. The summed E-state index contributed by atoms with van der Waals surface area (Å²) in [5, 5.41) is 4.73. The van der Waals surface area contributed by atoms with E-state index in [9.17, 15) is 19.2 Å². The predicted molar refractivity (Wildman–Crippen MR) is 119 cm³/mol. The van der Waals surface area contributed by atoms with Crippen LogP contribution in [-0.4, -0.2) is 71.8 Å². The summed E-state index contributed by atoms with van der Waals surface area (Å²) in [6.45, 7) is -1.46. The van der Waals surface area contributed by atoms with Gasteiger partial charge in [-0.15, -0.1) is 0 Å². The lowest BCUT2D eigenvalue weighted by atomic mass is 9.92. The number of carbonyl (C=O) groups excluding carboxylic acids is 4. The van der Waals surface area contributed by atoms with E-state index in [-0.39, 0.29) is 52.1 Å². The number of ether oxygens (including phenoxy) is 4. The van der Waals surface area contributed by atoms with Crippen molar-refractivity contribution in [3.63, 3.8) is 0 Å². The van der Waals surface area contributed by atoms with E-state index in [0.717, 1.165) is 0 Å². The van der Waals surface area contributed by atoms with Gasteiger partial charge in [-0.3, -0.25) is 19.2 Å². The molecule has 29 heavy (non-hydrogen) atoms. The molecule has 0 aliphatic rings. The molecular formula is C17H20O8S4. The molecule has 0 saturated carbocycles. The molecule has 0 aromatic heterocycles. The molecule has 0 aromatic rings. The SMILES string of the molecule is O=C(CC=S)OCC(COC(=O)CC=S)(COC(=O)CC=S)COC(=O)CC=S. The molecule has 0 bridgehead atoms. The van der Waals surface area contributed by atoms with Gasteiger partial charge in [-0.2, -0.15) is 0 Å². The molecule has 0 fully saturated rings. The highest BCUT2D eigenvalue weighted by Gasteiger charge is 2.37. The highest BCUT2D eigenvalue weighted by atomic mass is 32.1. The lowest BCUT2D eigenvalue weighted by Crippen LogP contribution is -2.44. The third-order valence-electron chi connectivity index (χ3n) is 3.16. The van der Waals surface area contributed by atoms with Crippen LogP contribution < -0.4 is 0 Å². The summed E-state index contributed by atoms with van der Waals surface area (Å²) < 4.78 is 20.5. The molecule has 0 atom stereocenters. The van der Waals surface area contributed by atoms with E-state index in [1.54, 1.807) is 0 Å². The van der Waals surface area contributed by atoms with Crippen LogP contribution in [-0.2, 0) is 38.1 Å². The topological polar surface area (TPSA) is 105 Å². The molecular weight excluding hydrogens is 460 g/mol. The van der Waals surface area contributed by atoms with E-state index in [4.69, 9.17) is 18.9 Å². The molecule has 0 aliphatic carbocycles. The monoisotopic (exact) mass is 480 g/mol. The maximum atomic E-state index is 11.7. The van der Waals surface area contributed by atoms with Gasteiger partial charge in [0.1, 0.15) is 31.8 Å². The quantitative estimate of drug-likeness (QED) is 0.182. The average molecular weight is 481 g/mol. The zero-order valence-electron chi connectivity index (χ0n) is 15.4. The molecule has 0 N–H and O–H groups in total. The van der Waals surface area contributed by atoms with Gasteiger partial charge in [-0.25, -0.2) is 0 Å². The summed E-state index contributed by atoms with van der Waals surface area (Å²) in [5.74, 6) is -2.59. The van der Waals surface area contributed by atoms with Crippen molar-refractivity contribution in [3.8, 4) is 0 Å². The van der Waals surface area contributed by atoms with E-state index in [2.05, 4.69) is 48.9 Å². The molecule has 8 nitrogen and oxygen atoms in total.